The summed E-state index contributed by atoms with van der Waals surface area (Å²) in [6.45, 7) is 4.77. The van der Waals surface area contributed by atoms with Crippen molar-refractivity contribution in [2.75, 3.05) is 28.6 Å². The lowest BCUT2D eigenvalue weighted by molar-refractivity contribution is -0.394. The molecule has 3 aromatic rings. The first-order valence-electron chi connectivity index (χ1n) is 19.4. The lowest BCUT2D eigenvalue weighted by atomic mass is 9.99. The zero-order chi connectivity index (χ0) is 47.4. The Morgan fingerprint density at radius 1 is 0.554 bits per heavy atom. The molecule has 4 heterocycles. The molecule has 0 unspecified atom stereocenters. The zero-order valence-electron chi connectivity index (χ0n) is 34.3. The van der Waals surface area contributed by atoms with Gasteiger partial charge in [0.05, 0.1) is 72.0 Å². The highest BCUT2D eigenvalue weighted by Gasteiger charge is 2.59. The zero-order valence-corrected chi connectivity index (χ0v) is 34.3. The molecule has 4 saturated heterocycles. The smallest absolute Gasteiger partial charge is 0.299 e. The number of nitrogens with one attached hydrogen (secondary N) is 2. The van der Waals surface area contributed by atoms with Crippen molar-refractivity contribution >= 4 is 51.2 Å². The highest BCUT2D eigenvalue weighted by atomic mass is 16.8. The number of aliphatic hydroxyl groups excluding tert-OH is 2. The molecule has 29 heteroatoms. The van der Waals surface area contributed by atoms with Gasteiger partial charge in [-0.2, -0.15) is 0 Å². The molecule has 4 N–H and O–H groups in total. The maximum atomic E-state index is 12.5. The van der Waals surface area contributed by atoms with Crippen LogP contribution in [0.25, 0.3) is 0 Å². The van der Waals surface area contributed by atoms with Gasteiger partial charge in [0.25, 0.3) is 34.1 Å². The third kappa shape index (κ3) is 9.37. The number of aliphatic hydroxyl groups is 2. The second-order valence-corrected chi connectivity index (χ2v) is 16.1. The number of hydrogen-bond acceptors (Lipinski definition) is 23. The Hall–Kier alpha value is -6.86. The van der Waals surface area contributed by atoms with Crippen LogP contribution in [0.5, 0.6) is 0 Å². The fourth-order valence-electron chi connectivity index (χ4n) is 8.19. The van der Waals surface area contributed by atoms with Gasteiger partial charge < -0.3 is 54.2 Å². The van der Waals surface area contributed by atoms with E-state index in [2.05, 4.69) is 10.6 Å². The van der Waals surface area contributed by atoms with Crippen LogP contribution in [0.3, 0.4) is 0 Å². The summed E-state index contributed by atoms with van der Waals surface area (Å²) in [5.41, 5.74) is -5.04. The van der Waals surface area contributed by atoms with Crippen molar-refractivity contribution in [1.82, 2.24) is 0 Å². The highest BCUT2D eigenvalue weighted by Crippen LogP contribution is 2.44. The van der Waals surface area contributed by atoms with E-state index in [1.807, 2.05) is 0 Å². The number of non-ortho nitro benzene ring substituents is 3. The van der Waals surface area contributed by atoms with Gasteiger partial charge in [0, 0.05) is 31.3 Å². The Kier molecular flexibility index (Phi) is 12.3. The molecule has 0 saturated carbocycles. The Morgan fingerprint density at radius 3 is 1.26 bits per heavy atom. The SMILES string of the molecule is CC1(C)O[C@H]2O[C@H]([C@H](O)CN(C[C@@H](O)[C@H]3O[C@@H]4OC(C)(C)O[C@@H]4[C@H]3Nc3ccc([N+](=O)[O-])cc3[N+](=O)[O-])c3ccc([N+](=O)[O-])cc3[N+](=O)[O-])[C@H](Nc3ccc([N+](=O)[O-])cc3[N+](=O)[O-])[C@H]2O1. The molecule has 0 radical (unpaired) electrons. The number of fused-ring (bicyclic) bond motifs is 2. The van der Waals surface area contributed by atoms with Crippen molar-refractivity contribution in [3.05, 3.63) is 115 Å². The third-order valence-corrected chi connectivity index (χ3v) is 10.9. The molecule has 7 rings (SSSR count). The summed E-state index contributed by atoms with van der Waals surface area (Å²) in [4.78, 5) is 67.1. The Morgan fingerprint density at radius 2 is 0.908 bits per heavy atom. The first kappa shape index (κ1) is 46.1. The van der Waals surface area contributed by atoms with Crippen LogP contribution in [-0.2, 0) is 28.4 Å². The van der Waals surface area contributed by atoms with Crippen molar-refractivity contribution in [3.8, 4) is 0 Å². The fourth-order valence-corrected chi connectivity index (χ4v) is 8.19. The fraction of sp³-hybridized carbons (Fsp3) is 0.500. The summed E-state index contributed by atoms with van der Waals surface area (Å²) in [7, 11) is 0. The molecule has 4 fully saturated rings. The molecule has 0 aromatic heterocycles. The second kappa shape index (κ2) is 17.3. The van der Waals surface area contributed by atoms with Crippen LogP contribution in [0.2, 0.25) is 0 Å². The highest BCUT2D eigenvalue weighted by molar-refractivity contribution is 5.68. The van der Waals surface area contributed by atoms with E-state index in [1.165, 1.54) is 0 Å². The molecule has 29 nitrogen and oxygen atoms in total. The van der Waals surface area contributed by atoms with Crippen molar-refractivity contribution in [2.24, 2.45) is 0 Å². The average molecular weight is 918 g/mol. The molecule has 348 valence electrons. The topological polar surface area (TPSA) is 382 Å². The van der Waals surface area contributed by atoms with Gasteiger partial charge in [-0.25, -0.2) is 0 Å². The largest absolute Gasteiger partial charge is 0.388 e. The lowest BCUT2D eigenvalue weighted by Gasteiger charge is -2.36. The van der Waals surface area contributed by atoms with Gasteiger partial charge in [0.1, 0.15) is 41.5 Å². The van der Waals surface area contributed by atoms with Crippen LogP contribution in [0, 0.1) is 60.7 Å². The lowest BCUT2D eigenvalue weighted by Crippen LogP contribution is -2.53. The predicted molar refractivity (Wildman–Crippen MR) is 216 cm³/mol. The van der Waals surface area contributed by atoms with E-state index in [0.717, 1.165) is 41.3 Å². The van der Waals surface area contributed by atoms with Crippen molar-refractivity contribution in [3.63, 3.8) is 0 Å². The van der Waals surface area contributed by atoms with Gasteiger partial charge in [0.2, 0.25) is 0 Å². The number of rotatable bonds is 17. The van der Waals surface area contributed by atoms with Crippen LogP contribution < -0.4 is 15.5 Å². The van der Waals surface area contributed by atoms with Gasteiger partial charge in [-0.1, -0.05) is 0 Å². The molecular formula is C36H39N9O20. The summed E-state index contributed by atoms with van der Waals surface area (Å²) >= 11 is 0. The van der Waals surface area contributed by atoms with E-state index in [-0.39, 0.29) is 17.1 Å². The first-order chi connectivity index (χ1) is 30.4. The van der Waals surface area contributed by atoms with E-state index in [0.29, 0.717) is 18.2 Å². The number of hydrogen-bond donors (Lipinski definition) is 4. The summed E-state index contributed by atoms with van der Waals surface area (Å²) < 4.78 is 36.0. The predicted octanol–water partition coefficient (Wildman–Crippen LogP) is 3.38. The Labute approximate surface area is 363 Å². The number of nitro groups is 6. The monoisotopic (exact) mass is 917 g/mol. The summed E-state index contributed by atoms with van der Waals surface area (Å²) in [6.07, 6.45) is -11.2. The van der Waals surface area contributed by atoms with Crippen LogP contribution in [0.15, 0.2) is 54.6 Å². The molecular weight excluding hydrogens is 878 g/mol. The van der Waals surface area contributed by atoms with Gasteiger partial charge in [0.15, 0.2) is 24.2 Å². The normalized spacial score (nSPS) is 26.9. The Balaban J connectivity index is 1.24. The number of benzene rings is 3. The molecule has 0 aliphatic carbocycles. The van der Waals surface area contributed by atoms with Crippen LogP contribution >= 0.6 is 0 Å². The second-order valence-electron chi connectivity index (χ2n) is 16.1. The minimum Gasteiger partial charge on any atom is -0.388 e. The summed E-state index contributed by atoms with van der Waals surface area (Å²) in [5, 5.41) is 101. The van der Waals surface area contributed by atoms with Gasteiger partial charge in [-0.3, -0.25) is 60.7 Å². The molecule has 0 bridgehead atoms. The average Bonchev–Trinajstić information content (AvgIpc) is 3.91. The third-order valence-electron chi connectivity index (χ3n) is 10.9. The van der Waals surface area contributed by atoms with Gasteiger partial charge >= 0.3 is 0 Å². The maximum absolute atomic E-state index is 12.5. The quantitative estimate of drug-likeness (QED) is 0.111. The van der Waals surface area contributed by atoms with E-state index >= 15 is 0 Å². The first-order valence-corrected chi connectivity index (χ1v) is 19.4. The Bertz CT molecular complexity index is 2310. The van der Waals surface area contributed by atoms with Crippen LogP contribution in [0.1, 0.15) is 27.7 Å². The summed E-state index contributed by atoms with van der Waals surface area (Å²) in [5.74, 6) is -2.55. The molecule has 3 aromatic carbocycles. The standard InChI is InChI=1S/C36H39N9O20/c1-35(2)62-31-27(37-19-8-5-16(40(48)49)11-22(19)43(54)55)29(60-33(31)64-35)25(46)14-39(21-10-7-18(42(52)53)13-24(21)45(58)59)15-26(47)30-28(32-34(61-30)65-36(3,4)63-32)38-20-9-6-17(41(50)51)12-23(20)44(56)57/h5-13,25-34,37-38,46-47H,14-15H2,1-4H3/t25-,26-,27+,28+,29-,30-,31-,32-,33-,34-/m1/s1. The molecule has 4 aliphatic rings. The minimum absolute atomic E-state index is 0.248. The summed E-state index contributed by atoms with van der Waals surface area (Å²) in [6, 6.07) is 5.67. The van der Waals surface area contributed by atoms with Gasteiger partial charge in [-0.05, 0) is 45.9 Å². The van der Waals surface area contributed by atoms with Crippen molar-refractivity contribution < 1.29 is 68.2 Å². The number of nitro benzene ring substituents is 6. The van der Waals surface area contributed by atoms with Crippen LogP contribution in [-0.4, -0.2) is 126 Å². The van der Waals surface area contributed by atoms with Crippen molar-refractivity contribution in [1.29, 1.82) is 0 Å². The van der Waals surface area contributed by atoms with Gasteiger partial charge in [-0.15, -0.1) is 0 Å². The van der Waals surface area contributed by atoms with E-state index in [9.17, 15) is 70.9 Å². The number of nitrogens with zero attached hydrogens (tertiary/aromatic N) is 7. The van der Waals surface area contributed by atoms with Crippen molar-refractivity contribution in [2.45, 2.75) is 101 Å². The number of anilines is 3. The molecule has 65 heavy (non-hydrogen) atoms. The molecule has 10 atom stereocenters. The number of ether oxygens (including phenoxy) is 6. The van der Waals surface area contributed by atoms with Crippen LogP contribution in [0.4, 0.5) is 51.2 Å². The maximum Gasteiger partial charge on any atom is 0.299 e. The van der Waals surface area contributed by atoms with E-state index in [4.69, 9.17) is 28.4 Å². The minimum atomic E-state index is -1.79. The molecule has 0 spiro atoms. The van der Waals surface area contributed by atoms with E-state index < -0.39 is 150 Å². The van der Waals surface area contributed by atoms with E-state index in [1.54, 1.807) is 27.7 Å². The molecule has 4 aliphatic heterocycles. The molecule has 0 amide bonds.